The van der Waals surface area contributed by atoms with E-state index in [0.29, 0.717) is 0 Å². The van der Waals surface area contributed by atoms with Crippen molar-refractivity contribution in [3.8, 4) is 0 Å². The van der Waals surface area contributed by atoms with Crippen LogP contribution in [-0.2, 0) is 0 Å². The second-order valence-corrected chi connectivity index (χ2v) is 3.49. The highest BCUT2D eigenvalue weighted by Crippen LogP contribution is 2.29. The Morgan fingerprint density at radius 2 is 1.93 bits per heavy atom. The first-order valence-corrected chi connectivity index (χ1v) is 5.04. The molecule has 1 aromatic carbocycles. The zero-order valence-electron chi connectivity index (χ0n) is 7.56. The third-order valence-electron chi connectivity index (χ3n) is 1.68. The molecule has 1 nitrogen and oxygen atoms in total. The molecule has 0 spiro atoms. The summed E-state index contributed by atoms with van der Waals surface area (Å²) >= 11 is 0.893. The van der Waals surface area contributed by atoms with E-state index >= 15 is 0 Å². The van der Waals surface area contributed by atoms with Gasteiger partial charge in [-0.25, -0.2) is 4.39 Å². The summed E-state index contributed by atoms with van der Waals surface area (Å²) < 4.78 is 49.4. The molecule has 6 heteroatoms. The Morgan fingerprint density at radius 3 is 2.40 bits per heavy atom. The number of hydrogen-bond donors (Lipinski definition) is 0. The molecular weight excluding hydrogens is 232 g/mol. The average Bonchev–Trinajstić information content (AvgIpc) is 2.15. The molecule has 1 rings (SSSR count). The second kappa shape index (κ2) is 4.22. The van der Waals surface area contributed by atoms with Crippen LogP contribution in [0.15, 0.2) is 23.1 Å². The van der Waals surface area contributed by atoms with Gasteiger partial charge in [0.1, 0.15) is 5.82 Å². The minimum Gasteiger partial charge on any atom is -0.284 e. The van der Waals surface area contributed by atoms with E-state index in [1.807, 2.05) is 0 Å². The zero-order valence-corrected chi connectivity index (χ0v) is 8.38. The van der Waals surface area contributed by atoms with Crippen molar-refractivity contribution in [2.24, 2.45) is 0 Å². The molecule has 0 bridgehead atoms. The summed E-state index contributed by atoms with van der Waals surface area (Å²) in [6, 6.07) is 3.36. The van der Waals surface area contributed by atoms with Gasteiger partial charge >= 0.3 is 6.18 Å². The number of carbonyl (C=O) groups is 1. The van der Waals surface area contributed by atoms with Crippen LogP contribution in [0.1, 0.15) is 10.4 Å². The lowest BCUT2D eigenvalue weighted by Crippen LogP contribution is -2.24. The number of carbonyl (C=O) groups excluding carboxylic acids is 1. The number of benzene rings is 1. The molecule has 0 aromatic heterocycles. The van der Waals surface area contributed by atoms with Crippen LogP contribution in [0.25, 0.3) is 0 Å². The number of thioether (sulfide) groups is 1. The summed E-state index contributed by atoms with van der Waals surface area (Å²) in [5.41, 5.74) is -0.905. The maximum atomic E-state index is 13.1. The molecule has 0 radical (unpaired) electrons. The van der Waals surface area contributed by atoms with Crippen molar-refractivity contribution in [2.45, 2.75) is 11.1 Å². The number of hydrogen-bond acceptors (Lipinski definition) is 2. The van der Waals surface area contributed by atoms with E-state index in [2.05, 4.69) is 0 Å². The number of rotatable bonds is 2. The molecule has 0 unspecified atom stereocenters. The first-order valence-electron chi connectivity index (χ1n) is 3.82. The van der Waals surface area contributed by atoms with Gasteiger partial charge in [-0.3, -0.25) is 4.79 Å². The third kappa shape index (κ3) is 2.50. The zero-order chi connectivity index (χ0) is 11.6. The first-order chi connectivity index (χ1) is 6.88. The lowest BCUT2D eigenvalue weighted by atomic mass is 10.1. The summed E-state index contributed by atoms with van der Waals surface area (Å²) in [5.74, 6) is -3.30. The minimum absolute atomic E-state index is 0.0164. The molecule has 0 aliphatic rings. The predicted molar refractivity (Wildman–Crippen MR) is 48.6 cm³/mol. The molecule has 0 aliphatic carbocycles. The fourth-order valence-electron chi connectivity index (χ4n) is 1.04. The predicted octanol–water partition coefficient (Wildman–Crippen LogP) is 3.29. The van der Waals surface area contributed by atoms with Gasteiger partial charge in [0.2, 0.25) is 0 Å². The lowest BCUT2D eigenvalue weighted by molar-refractivity contribution is -0.0889. The van der Waals surface area contributed by atoms with Crippen LogP contribution >= 0.6 is 11.8 Å². The summed E-state index contributed by atoms with van der Waals surface area (Å²) in [6.45, 7) is 0. The van der Waals surface area contributed by atoms with E-state index in [1.165, 1.54) is 18.4 Å². The maximum Gasteiger partial charge on any atom is 0.455 e. The van der Waals surface area contributed by atoms with Crippen LogP contribution in [0.2, 0.25) is 0 Å². The quantitative estimate of drug-likeness (QED) is 0.446. The molecule has 0 amide bonds. The van der Waals surface area contributed by atoms with Gasteiger partial charge in [-0.2, -0.15) is 13.2 Å². The number of Topliss-reactive ketones (excluding diaryl/α,β-unsaturated/α-hetero) is 1. The molecule has 1 aromatic rings. The van der Waals surface area contributed by atoms with Crippen molar-refractivity contribution in [2.75, 3.05) is 6.26 Å². The molecule has 82 valence electrons. The molecule has 0 N–H and O–H groups in total. The highest BCUT2D eigenvalue weighted by atomic mass is 32.2. The molecule has 0 heterocycles. The molecular formula is C9H6F4OS. The average molecular weight is 238 g/mol. The van der Waals surface area contributed by atoms with Crippen molar-refractivity contribution in [3.05, 3.63) is 29.6 Å². The van der Waals surface area contributed by atoms with E-state index in [9.17, 15) is 22.4 Å². The lowest BCUT2D eigenvalue weighted by Gasteiger charge is -2.09. The van der Waals surface area contributed by atoms with Gasteiger partial charge in [-0.15, -0.1) is 11.8 Å². The Kier molecular flexibility index (Phi) is 3.38. The van der Waals surface area contributed by atoms with Gasteiger partial charge in [0.15, 0.2) is 0 Å². The first kappa shape index (κ1) is 12.0. The third-order valence-corrected chi connectivity index (χ3v) is 2.46. The van der Waals surface area contributed by atoms with Gasteiger partial charge in [0.25, 0.3) is 5.78 Å². The Hall–Kier alpha value is -1.04. The van der Waals surface area contributed by atoms with Crippen molar-refractivity contribution in [1.29, 1.82) is 0 Å². The van der Waals surface area contributed by atoms with E-state index in [-0.39, 0.29) is 4.90 Å². The van der Waals surface area contributed by atoms with Gasteiger partial charge in [0, 0.05) is 4.90 Å². The Bertz CT molecular complexity index is 386. The Balaban J connectivity index is 3.30. The molecule has 15 heavy (non-hydrogen) atoms. The van der Waals surface area contributed by atoms with Crippen molar-refractivity contribution < 1.29 is 22.4 Å². The summed E-state index contributed by atoms with van der Waals surface area (Å²) in [5, 5.41) is 0. The van der Waals surface area contributed by atoms with Crippen LogP contribution in [0.5, 0.6) is 0 Å². The number of halogens is 4. The highest BCUT2D eigenvalue weighted by molar-refractivity contribution is 7.98. The van der Waals surface area contributed by atoms with Crippen molar-refractivity contribution in [3.63, 3.8) is 0 Å². The minimum atomic E-state index is -5.05. The van der Waals surface area contributed by atoms with Crippen molar-refractivity contribution >= 4 is 17.5 Å². The van der Waals surface area contributed by atoms with E-state index in [1.54, 1.807) is 0 Å². The SMILES string of the molecule is CSc1cccc(F)c1C(=O)C(F)(F)F. The standard InChI is InChI=1S/C9H6F4OS/c1-15-6-4-2-3-5(10)7(6)8(14)9(11,12)13/h2-4H,1H3. The topological polar surface area (TPSA) is 17.1 Å². The van der Waals surface area contributed by atoms with Crippen LogP contribution in [0.4, 0.5) is 17.6 Å². The second-order valence-electron chi connectivity index (χ2n) is 2.64. The fourth-order valence-corrected chi connectivity index (χ4v) is 1.65. The summed E-state index contributed by atoms with van der Waals surface area (Å²) in [7, 11) is 0. The monoisotopic (exact) mass is 238 g/mol. The molecule has 0 atom stereocenters. The molecule has 0 saturated carbocycles. The van der Waals surface area contributed by atoms with Gasteiger partial charge < -0.3 is 0 Å². The molecule has 0 fully saturated rings. The fraction of sp³-hybridized carbons (Fsp3) is 0.222. The van der Waals surface area contributed by atoms with Gasteiger partial charge in [0.05, 0.1) is 5.56 Å². The molecule has 0 aliphatic heterocycles. The van der Waals surface area contributed by atoms with E-state index < -0.39 is 23.3 Å². The normalized spacial score (nSPS) is 11.5. The van der Waals surface area contributed by atoms with Crippen LogP contribution in [0, 0.1) is 5.82 Å². The van der Waals surface area contributed by atoms with E-state index in [4.69, 9.17) is 0 Å². The Morgan fingerprint density at radius 1 is 1.33 bits per heavy atom. The van der Waals surface area contributed by atoms with Crippen molar-refractivity contribution in [1.82, 2.24) is 0 Å². The van der Waals surface area contributed by atoms with Gasteiger partial charge in [-0.05, 0) is 18.4 Å². The van der Waals surface area contributed by atoms with Crippen LogP contribution in [0.3, 0.4) is 0 Å². The van der Waals surface area contributed by atoms with E-state index in [0.717, 1.165) is 17.8 Å². The number of alkyl halides is 3. The summed E-state index contributed by atoms with van der Waals surface area (Å²) in [6.07, 6.45) is -3.57. The number of ketones is 1. The van der Waals surface area contributed by atoms with Crippen LogP contribution < -0.4 is 0 Å². The highest BCUT2D eigenvalue weighted by Gasteiger charge is 2.41. The smallest absolute Gasteiger partial charge is 0.284 e. The maximum absolute atomic E-state index is 13.1. The van der Waals surface area contributed by atoms with Gasteiger partial charge in [-0.1, -0.05) is 6.07 Å². The van der Waals surface area contributed by atoms with Crippen LogP contribution in [-0.4, -0.2) is 18.2 Å². The molecule has 0 saturated heterocycles. The largest absolute Gasteiger partial charge is 0.455 e. The summed E-state index contributed by atoms with van der Waals surface area (Å²) in [4.78, 5) is 10.9. The Labute approximate surface area is 87.5 Å².